The van der Waals surface area contributed by atoms with Crippen LogP contribution in [0.2, 0.25) is 0 Å². The lowest BCUT2D eigenvalue weighted by atomic mass is 10.2. The van der Waals surface area contributed by atoms with Crippen molar-refractivity contribution < 1.29 is 4.79 Å². The van der Waals surface area contributed by atoms with Crippen molar-refractivity contribution in [1.82, 2.24) is 9.97 Å². The highest BCUT2D eigenvalue weighted by molar-refractivity contribution is 9.10. The van der Waals surface area contributed by atoms with E-state index < -0.39 is 0 Å². The number of para-hydroxylation sites is 1. The van der Waals surface area contributed by atoms with E-state index in [1.54, 1.807) is 11.1 Å². The SMILES string of the molecule is O=C(c1cnc(Nc2cccc(Br)c2)cn1)N1CCc2ccccc21. The molecule has 0 bridgehead atoms. The Kier molecular flexibility index (Phi) is 4.19. The Balaban J connectivity index is 1.52. The Morgan fingerprint density at radius 2 is 1.96 bits per heavy atom. The first-order valence-corrected chi connectivity index (χ1v) is 8.74. The number of benzene rings is 2. The number of carbonyl (C=O) groups excluding carboxylic acids is 1. The summed E-state index contributed by atoms with van der Waals surface area (Å²) in [6.07, 6.45) is 3.97. The number of carbonyl (C=O) groups is 1. The van der Waals surface area contributed by atoms with Crippen LogP contribution in [0.25, 0.3) is 0 Å². The molecular formula is C19H15BrN4O. The number of aromatic nitrogens is 2. The maximum absolute atomic E-state index is 12.7. The van der Waals surface area contributed by atoms with Crippen molar-refractivity contribution >= 4 is 39.0 Å². The van der Waals surface area contributed by atoms with Gasteiger partial charge in [-0.05, 0) is 36.2 Å². The Morgan fingerprint density at radius 1 is 1.08 bits per heavy atom. The summed E-state index contributed by atoms with van der Waals surface area (Å²) in [5.41, 5.74) is 3.40. The molecule has 0 saturated heterocycles. The van der Waals surface area contributed by atoms with Crippen LogP contribution in [0.3, 0.4) is 0 Å². The molecule has 0 aliphatic carbocycles. The molecule has 0 unspecified atom stereocenters. The molecule has 1 N–H and O–H groups in total. The van der Waals surface area contributed by atoms with Gasteiger partial charge in [-0.1, -0.05) is 40.2 Å². The smallest absolute Gasteiger partial charge is 0.278 e. The Morgan fingerprint density at radius 3 is 2.76 bits per heavy atom. The largest absolute Gasteiger partial charge is 0.339 e. The van der Waals surface area contributed by atoms with Gasteiger partial charge in [0.1, 0.15) is 11.5 Å². The van der Waals surface area contributed by atoms with Crippen LogP contribution < -0.4 is 10.2 Å². The molecule has 0 saturated carbocycles. The summed E-state index contributed by atoms with van der Waals surface area (Å²) in [6, 6.07) is 15.7. The van der Waals surface area contributed by atoms with E-state index in [1.807, 2.05) is 42.5 Å². The van der Waals surface area contributed by atoms with E-state index in [2.05, 4.69) is 37.3 Å². The zero-order valence-electron chi connectivity index (χ0n) is 13.3. The number of nitrogens with zero attached hydrogens (tertiary/aromatic N) is 3. The third-order valence-electron chi connectivity index (χ3n) is 4.10. The third kappa shape index (κ3) is 3.25. The number of hydrogen-bond acceptors (Lipinski definition) is 4. The molecule has 6 heteroatoms. The highest BCUT2D eigenvalue weighted by Crippen LogP contribution is 2.28. The molecule has 0 spiro atoms. The fraction of sp³-hybridized carbons (Fsp3) is 0.105. The first-order chi connectivity index (χ1) is 12.2. The summed E-state index contributed by atoms with van der Waals surface area (Å²) >= 11 is 3.43. The highest BCUT2D eigenvalue weighted by Gasteiger charge is 2.26. The molecule has 4 rings (SSSR count). The van der Waals surface area contributed by atoms with Crippen molar-refractivity contribution in [3.63, 3.8) is 0 Å². The van der Waals surface area contributed by atoms with Crippen LogP contribution in [0.5, 0.6) is 0 Å². The van der Waals surface area contributed by atoms with Crippen molar-refractivity contribution in [2.75, 3.05) is 16.8 Å². The number of rotatable bonds is 3. The second kappa shape index (κ2) is 6.64. The molecule has 25 heavy (non-hydrogen) atoms. The van der Waals surface area contributed by atoms with Crippen LogP contribution in [-0.4, -0.2) is 22.4 Å². The minimum Gasteiger partial charge on any atom is -0.339 e. The van der Waals surface area contributed by atoms with Crippen molar-refractivity contribution in [1.29, 1.82) is 0 Å². The van der Waals surface area contributed by atoms with Gasteiger partial charge in [0, 0.05) is 22.4 Å². The van der Waals surface area contributed by atoms with Crippen LogP contribution in [0.15, 0.2) is 65.4 Å². The van der Waals surface area contributed by atoms with Crippen LogP contribution in [0.4, 0.5) is 17.2 Å². The minimum absolute atomic E-state index is 0.119. The number of fused-ring (bicyclic) bond motifs is 1. The van der Waals surface area contributed by atoms with E-state index >= 15 is 0 Å². The van der Waals surface area contributed by atoms with E-state index in [0.717, 1.165) is 22.3 Å². The normalized spacial score (nSPS) is 12.8. The topological polar surface area (TPSA) is 58.1 Å². The Hall–Kier alpha value is -2.73. The van der Waals surface area contributed by atoms with Crippen LogP contribution in [0, 0.1) is 0 Å². The number of nitrogens with one attached hydrogen (secondary N) is 1. The molecule has 1 amide bonds. The zero-order chi connectivity index (χ0) is 17.2. The lowest BCUT2D eigenvalue weighted by Crippen LogP contribution is -2.29. The quantitative estimate of drug-likeness (QED) is 0.723. The molecule has 3 aromatic rings. The first kappa shape index (κ1) is 15.8. The summed E-state index contributed by atoms with van der Waals surface area (Å²) in [7, 11) is 0. The third-order valence-corrected chi connectivity index (χ3v) is 4.59. The van der Waals surface area contributed by atoms with Crippen molar-refractivity contribution in [2.24, 2.45) is 0 Å². The van der Waals surface area contributed by atoms with Gasteiger partial charge in [-0.15, -0.1) is 0 Å². The van der Waals surface area contributed by atoms with Crippen LogP contribution >= 0.6 is 15.9 Å². The standard InChI is InChI=1S/C19H15BrN4O/c20-14-5-3-6-15(10-14)23-18-12-21-16(11-22-18)19(25)24-9-8-13-4-1-2-7-17(13)24/h1-7,10-12H,8-9H2,(H,22,23). The number of amides is 1. The number of halogens is 1. The average Bonchev–Trinajstić information content (AvgIpc) is 3.06. The summed E-state index contributed by atoms with van der Waals surface area (Å²) in [6.45, 7) is 0.678. The molecule has 0 atom stereocenters. The maximum atomic E-state index is 12.7. The van der Waals surface area contributed by atoms with Crippen molar-refractivity contribution in [3.8, 4) is 0 Å². The molecule has 5 nitrogen and oxygen atoms in total. The van der Waals surface area contributed by atoms with E-state index in [1.165, 1.54) is 11.8 Å². The monoisotopic (exact) mass is 394 g/mol. The molecular weight excluding hydrogens is 380 g/mol. The molecule has 2 aromatic carbocycles. The minimum atomic E-state index is -0.119. The molecule has 0 radical (unpaired) electrons. The molecule has 0 fully saturated rings. The van der Waals surface area contributed by atoms with Crippen LogP contribution in [-0.2, 0) is 6.42 Å². The fourth-order valence-electron chi connectivity index (χ4n) is 2.90. The van der Waals surface area contributed by atoms with Gasteiger partial charge in [-0.25, -0.2) is 9.97 Å². The predicted octanol–water partition coefficient (Wildman–Crippen LogP) is 4.19. The fourth-order valence-corrected chi connectivity index (χ4v) is 3.30. The Bertz CT molecular complexity index is 927. The van der Waals surface area contributed by atoms with Gasteiger partial charge in [-0.3, -0.25) is 4.79 Å². The van der Waals surface area contributed by atoms with Crippen molar-refractivity contribution in [3.05, 3.63) is 76.7 Å². The van der Waals surface area contributed by atoms with Gasteiger partial charge in [0.05, 0.1) is 12.4 Å². The van der Waals surface area contributed by atoms with E-state index in [9.17, 15) is 4.79 Å². The summed E-state index contributed by atoms with van der Waals surface area (Å²) in [5, 5.41) is 3.17. The summed E-state index contributed by atoms with van der Waals surface area (Å²) < 4.78 is 0.977. The van der Waals surface area contributed by atoms with E-state index in [-0.39, 0.29) is 5.91 Å². The highest BCUT2D eigenvalue weighted by atomic mass is 79.9. The van der Waals surface area contributed by atoms with E-state index in [4.69, 9.17) is 0 Å². The summed E-state index contributed by atoms with van der Waals surface area (Å²) in [4.78, 5) is 23.1. The molecule has 1 aliphatic heterocycles. The van der Waals surface area contributed by atoms with Gasteiger partial charge in [0.15, 0.2) is 0 Å². The summed E-state index contributed by atoms with van der Waals surface area (Å²) in [5.74, 6) is 0.475. The Labute approximate surface area is 153 Å². The zero-order valence-corrected chi connectivity index (χ0v) is 14.9. The van der Waals surface area contributed by atoms with Crippen LogP contribution in [0.1, 0.15) is 16.1 Å². The maximum Gasteiger partial charge on any atom is 0.278 e. The molecule has 1 aromatic heterocycles. The van der Waals surface area contributed by atoms with E-state index in [0.29, 0.717) is 18.1 Å². The average molecular weight is 395 g/mol. The number of anilines is 3. The first-order valence-electron chi connectivity index (χ1n) is 7.95. The molecule has 124 valence electrons. The van der Waals surface area contributed by atoms with Gasteiger partial charge in [0.2, 0.25) is 0 Å². The van der Waals surface area contributed by atoms with Gasteiger partial charge < -0.3 is 10.2 Å². The van der Waals surface area contributed by atoms with Gasteiger partial charge in [-0.2, -0.15) is 0 Å². The molecule has 2 heterocycles. The van der Waals surface area contributed by atoms with Gasteiger partial charge >= 0.3 is 0 Å². The lowest BCUT2D eigenvalue weighted by molar-refractivity contribution is 0.0984. The van der Waals surface area contributed by atoms with Gasteiger partial charge in [0.25, 0.3) is 5.91 Å². The number of hydrogen-bond donors (Lipinski definition) is 1. The predicted molar refractivity (Wildman–Crippen MR) is 101 cm³/mol. The second-order valence-corrected chi connectivity index (χ2v) is 6.67. The van der Waals surface area contributed by atoms with Crippen molar-refractivity contribution in [2.45, 2.75) is 6.42 Å². The lowest BCUT2D eigenvalue weighted by Gasteiger charge is -2.16. The molecule has 1 aliphatic rings. The second-order valence-electron chi connectivity index (χ2n) is 5.76.